The maximum absolute atomic E-state index is 13.5. The lowest BCUT2D eigenvalue weighted by Crippen LogP contribution is -2.55. The molecule has 1 saturated heterocycles. The highest BCUT2D eigenvalue weighted by Gasteiger charge is 2.37. The number of piperidine rings is 1. The van der Waals surface area contributed by atoms with Gasteiger partial charge in [-0.3, -0.25) is 9.59 Å². The van der Waals surface area contributed by atoms with Gasteiger partial charge >= 0.3 is 6.03 Å². The summed E-state index contributed by atoms with van der Waals surface area (Å²) in [4.78, 5) is 41.0. The minimum absolute atomic E-state index is 0.0214. The highest BCUT2D eigenvalue weighted by Crippen LogP contribution is 2.35. The molecule has 5 rings (SSSR count). The molecule has 3 amide bonds. The van der Waals surface area contributed by atoms with Crippen LogP contribution in [0.3, 0.4) is 0 Å². The van der Waals surface area contributed by atoms with E-state index in [2.05, 4.69) is 17.6 Å². The number of fused-ring (bicyclic) bond motifs is 4. The second-order valence-corrected chi connectivity index (χ2v) is 10.6. The van der Waals surface area contributed by atoms with Crippen molar-refractivity contribution in [2.24, 2.45) is 5.92 Å². The minimum atomic E-state index is -0.721. The predicted molar refractivity (Wildman–Crippen MR) is 149 cm³/mol. The largest absolute Gasteiger partial charge is 0.326 e. The maximum Gasteiger partial charge on any atom is 0.318 e. The summed E-state index contributed by atoms with van der Waals surface area (Å²) >= 11 is 0. The lowest BCUT2D eigenvalue weighted by atomic mass is 9.83. The van der Waals surface area contributed by atoms with Gasteiger partial charge in [-0.2, -0.15) is 0 Å². The Morgan fingerprint density at radius 3 is 2.47 bits per heavy atom. The van der Waals surface area contributed by atoms with Crippen molar-refractivity contribution in [3.05, 3.63) is 100.0 Å². The molecule has 198 valence electrons. The number of urea groups is 1. The molecule has 1 aromatic heterocycles. The highest BCUT2D eigenvalue weighted by atomic mass is 16.2. The molecule has 2 aliphatic rings. The van der Waals surface area contributed by atoms with Gasteiger partial charge in [0.15, 0.2) is 0 Å². The van der Waals surface area contributed by atoms with Crippen molar-refractivity contribution in [2.45, 2.75) is 57.5 Å². The molecule has 3 atom stereocenters. The van der Waals surface area contributed by atoms with Crippen LogP contribution in [0.1, 0.15) is 48.9 Å². The van der Waals surface area contributed by atoms with Crippen LogP contribution in [0.2, 0.25) is 0 Å². The van der Waals surface area contributed by atoms with E-state index in [9.17, 15) is 14.4 Å². The molecule has 2 N–H and O–H groups in total. The second kappa shape index (κ2) is 11.7. The Bertz CT molecular complexity index is 1320. The summed E-state index contributed by atoms with van der Waals surface area (Å²) in [6, 6.07) is 22.1. The maximum atomic E-state index is 13.5. The van der Waals surface area contributed by atoms with E-state index in [4.69, 9.17) is 0 Å². The van der Waals surface area contributed by atoms with E-state index in [0.29, 0.717) is 26.1 Å². The number of rotatable bonds is 8. The predicted octanol–water partition coefficient (Wildman–Crippen LogP) is 4.57. The van der Waals surface area contributed by atoms with Crippen molar-refractivity contribution < 1.29 is 9.59 Å². The van der Waals surface area contributed by atoms with E-state index in [1.807, 2.05) is 70.1 Å². The summed E-state index contributed by atoms with van der Waals surface area (Å²) in [6.45, 7) is 3.90. The van der Waals surface area contributed by atoms with Gasteiger partial charge in [0.1, 0.15) is 6.04 Å². The lowest BCUT2D eigenvalue weighted by Gasteiger charge is -2.43. The number of carbonyl (C=O) groups excluding carboxylic acids is 2. The van der Waals surface area contributed by atoms with Gasteiger partial charge in [0.25, 0.3) is 5.56 Å². The molecule has 2 aliphatic heterocycles. The van der Waals surface area contributed by atoms with Crippen LogP contribution in [0, 0.1) is 5.92 Å². The van der Waals surface area contributed by atoms with Gasteiger partial charge in [-0.1, -0.05) is 61.9 Å². The van der Waals surface area contributed by atoms with Crippen LogP contribution in [-0.4, -0.2) is 40.5 Å². The highest BCUT2D eigenvalue weighted by molar-refractivity contribution is 5.97. The Morgan fingerprint density at radius 1 is 0.921 bits per heavy atom. The number of anilines is 1. The molecule has 1 fully saturated rings. The molecule has 0 unspecified atom stereocenters. The normalized spacial score (nSPS) is 18.8. The summed E-state index contributed by atoms with van der Waals surface area (Å²) in [7, 11) is 0. The van der Waals surface area contributed by atoms with Crippen LogP contribution in [0.5, 0.6) is 0 Å². The monoisotopic (exact) mass is 512 g/mol. The van der Waals surface area contributed by atoms with Crippen molar-refractivity contribution in [1.82, 2.24) is 14.8 Å². The molecular formula is C31H36N4O3. The summed E-state index contributed by atoms with van der Waals surface area (Å²) in [6.07, 6.45) is 4.66. The first kappa shape index (κ1) is 25.8. The van der Waals surface area contributed by atoms with E-state index in [-0.39, 0.29) is 29.3 Å². The third-order valence-corrected chi connectivity index (χ3v) is 7.70. The van der Waals surface area contributed by atoms with Crippen LogP contribution in [0.15, 0.2) is 77.6 Å². The quantitative estimate of drug-likeness (QED) is 0.464. The molecule has 2 bridgehead atoms. The Morgan fingerprint density at radius 2 is 1.71 bits per heavy atom. The fraction of sp³-hybridized carbons (Fsp3) is 0.387. The van der Waals surface area contributed by atoms with Crippen LogP contribution < -0.4 is 16.2 Å². The van der Waals surface area contributed by atoms with E-state index in [1.165, 1.54) is 5.56 Å². The van der Waals surface area contributed by atoms with Crippen LogP contribution >= 0.6 is 0 Å². The number of amides is 3. The van der Waals surface area contributed by atoms with E-state index in [0.717, 1.165) is 42.6 Å². The summed E-state index contributed by atoms with van der Waals surface area (Å²) in [5.41, 5.74) is 3.96. The van der Waals surface area contributed by atoms with E-state index in [1.54, 1.807) is 12.1 Å². The SMILES string of the molecule is CCCCc1ccc(NC(=O)[C@H](Cc2ccccc2)NC(=O)N2C[C@@H]3C[C@H](C2)c2cccc(=O)n2C3)cc1. The fourth-order valence-electron chi connectivity index (χ4n) is 5.73. The summed E-state index contributed by atoms with van der Waals surface area (Å²) in [5.74, 6) is 0.104. The lowest BCUT2D eigenvalue weighted by molar-refractivity contribution is -0.118. The first-order valence-electron chi connectivity index (χ1n) is 13.7. The Kier molecular flexibility index (Phi) is 7.91. The molecule has 0 saturated carbocycles. The zero-order valence-corrected chi connectivity index (χ0v) is 21.9. The number of carbonyl (C=O) groups is 2. The van der Waals surface area contributed by atoms with Gasteiger partial charge in [0.2, 0.25) is 5.91 Å². The fourth-order valence-corrected chi connectivity index (χ4v) is 5.73. The number of pyridine rings is 1. The average molecular weight is 513 g/mol. The van der Waals surface area contributed by atoms with Gasteiger partial charge in [0.05, 0.1) is 0 Å². The van der Waals surface area contributed by atoms with Gasteiger partial charge in [-0.15, -0.1) is 0 Å². The number of aromatic nitrogens is 1. The molecular weight excluding hydrogens is 476 g/mol. The smallest absolute Gasteiger partial charge is 0.318 e. The van der Waals surface area contributed by atoms with Crippen LogP contribution in [0.25, 0.3) is 0 Å². The minimum Gasteiger partial charge on any atom is -0.326 e. The molecule has 2 aromatic carbocycles. The summed E-state index contributed by atoms with van der Waals surface area (Å²) in [5, 5.41) is 6.03. The van der Waals surface area contributed by atoms with Crippen LogP contribution in [-0.2, 0) is 24.2 Å². The van der Waals surface area contributed by atoms with Crippen molar-refractivity contribution in [2.75, 3.05) is 18.4 Å². The van der Waals surface area contributed by atoms with Gasteiger partial charge in [-0.25, -0.2) is 4.79 Å². The van der Waals surface area contributed by atoms with Gasteiger partial charge < -0.3 is 20.1 Å². The number of hydrogen-bond acceptors (Lipinski definition) is 3. The number of unbranched alkanes of at least 4 members (excludes halogenated alkanes) is 1. The van der Waals surface area contributed by atoms with E-state index >= 15 is 0 Å². The third-order valence-electron chi connectivity index (χ3n) is 7.70. The standard InChI is InChI=1S/C31H36N4O3/c1-2-3-8-22-13-15-26(16-14-22)32-30(37)27(18-23-9-5-4-6-10-23)33-31(38)34-19-24-17-25(21-34)28-11-7-12-29(36)35(28)20-24/h4-7,9-16,24-25,27H,2-3,8,17-21H2,1H3,(H,32,37)(H,33,38)/t24-,25+,27-/m0/s1. The molecule has 3 aromatic rings. The first-order chi connectivity index (χ1) is 18.5. The number of benzene rings is 2. The molecule has 0 aliphatic carbocycles. The Balaban J connectivity index is 1.29. The molecule has 7 nitrogen and oxygen atoms in total. The Labute approximate surface area is 223 Å². The molecule has 3 heterocycles. The zero-order chi connectivity index (χ0) is 26.5. The number of likely N-dealkylation sites (tertiary alicyclic amines) is 1. The van der Waals surface area contributed by atoms with Crippen molar-refractivity contribution in [3.63, 3.8) is 0 Å². The number of nitrogens with one attached hydrogen (secondary N) is 2. The second-order valence-electron chi connectivity index (χ2n) is 10.6. The number of hydrogen-bond donors (Lipinski definition) is 2. The molecule has 0 radical (unpaired) electrons. The van der Waals surface area contributed by atoms with E-state index < -0.39 is 6.04 Å². The summed E-state index contributed by atoms with van der Waals surface area (Å²) < 4.78 is 1.85. The van der Waals surface area contributed by atoms with Crippen molar-refractivity contribution in [3.8, 4) is 0 Å². The van der Waals surface area contributed by atoms with Gasteiger partial charge in [0, 0.05) is 49.4 Å². The first-order valence-corrected chi connectivity index (χ1v) is 13.7. The average Bonchev–Trinajstić information content (AvgIpc) is 2.93. The zero-order valence-electron chi connectivity index (χ0n) is 21.9. The molecule has 38 heavy (non-hydrogen) atoms. The van der Waals surface area contributed by atoms with Crippen molar-refractivity contribution >= 4 is 17.6 Å². The Hall–Kier alpha value is -3.87. The van der Waals surface area contributed by atoms with Crippen LogP contribution in [0.4, 0.5) is 10.5 Å². The topological polar surface area (TPSA) is 83.4 Å². The third kappa shape index (κ3) is 5.98. The number of nitrogens with zero attached hydrogens (tertiary/aromatic N) is 2. The van der Waals surface area contributed by atoms with Gasteiger partial charge in [-0.05, 0) is 54.5 Å². The molecule has 7 heteroatoms. The molecule has 0 spiro atoms. The number of aryl methyl sites for hydroxylation is 1. The van der Waals surface area contributed by atoms with Crippen molar-refractivity contribution in [1.29, 1.82) is 0 Å².